The lowest BCUT2D eigenvalue weighted by molar-refractivity contribution is -0.127. The van der Waals surface area contributed by atoms with E-state index in [1.54, 1.807) is 6.07 Å². The molecule has 0 unspecified atom stereocenters. The summed E-state index contributed by atoms with van der Waals surface area (Å²) in [5, 5.41) is 16.1. The summed E-state index contributed by atoms with van der Waals surface area (Å²) >= 11 is 0. The molecule has 2 bridgehead atoms. The number of aliphatic hydroxyl groups is 1. The van der Waals surface area contributed by atoms with E-state index < -0.39 is 17.4 Å². The van der Waals surface area contributed by atoms with Crippen LogP contribution in [0.15, 0.2) is 77.5 Å². The summed E-state index contributed by atoms with van der Waals surface area (Å²) in [7, 11) is 0. The van der Waals surface area contributed by atoms with Crippen molar-refractivity contribution >= 4 is 22.6 Å². The van der Waals surface area contributed by atoms with Crippen LogP contribution in [0.4, 0.5) is 0 Å². The molecule has 1 aromatic carbocycles. The average molecular weight is 510 g/mol. The van der Waals surface area contributed by atoms with E-state index in [1.165, 1.54) is 0 Å². The first-order valence-corrected chi connectivity index (χ1v) is 13.5. The zero-order chi connectivity index (χ0) is 26.8. The molecule has 196 valence electrons. The number of benzene rings is 1. The number of hydrogen-bond donors (Lipinski definition) is 4. The molecule has 3 aliphatic rings. The molecular formula is C32H35N3O3. The van der Waals surface area contributed by atoms with Crippen LogP contribution in [0.25, 0.3) is 10.9 Å². The van der Waals surface area contributed by atoms with Crippen LogP contribution in [0.2, 0.25) is 0 Å². The van der Waals surface area contributed by atoms with E-state index in [0.29, 0.717) is 23.4 Å². The van der Waals surface area contributed by atoms with Gasteiger partial charge in [-0.1, -0.05) is 48.9 Å². The SMILES string of the molecule is CC1=C(C)[C@H]2[C@H](Cc3c[nH]c4ccccc34)NC(=O)[C@]23c2ccc([nH]2)C(=O)/C(C)=C\[C@@H](C)CC=C[C@H]3[C@@H]1O. The number of H-pyrrole nitrogens is 2. The lowest BCUT2D eigenvalue weighted by Crippen LogP contribution is -2.54. The maximum Gasteiger partial charge on any atom is 0.233 e. The number of hydrogen-bond acceptors (Lipinski definition) is 3. The Hall–Kier alpha value is -3.64. The van der Waals surface area contributed by atoms with Crippen molar-refractivity contribution in [1.29, 1.82) is 0 Å². The fourth-order valence-corrected chi connectivity index (χ4v) is 7.25. The van der Waals surface area contributed by atoms with Gasteiger partial charge in [0, 0.05) is 40.7 Å². The Morgan fingerprint density at radius 3 is 2.66 bits per heavy atom. The van der Waals surface area contributed by atoms with Gasteiger partial charge in [0.25, 0.3) is 0 Å². The second kappa shape index (κ2) is 8.98. The van der Waals surface area contributed by atoms with Gasteiger partial charge >= 0.3 is 0 Å². The predicted octanol–water partition coefficient (Wildman–Crippen LogP) is 5.14. The van der Waals surface area contributed by atoms with E-state index in [-0.39, 0.29) is 29.6 Å². The Labute approximate surface area is 222 Å². The number of amides is 1. The maximum absolute atomic E-state index is 14.3. The average Bonchev–Trinajstić information content (AvgIpc) is 3.61. The molecule has 4 N–H and O–H groups in total. The lowest BCUT2D eigenvalue weighted by Gasteiger charge is -2.46. The highest BCUT2D eigenvalue weighted by Crippen LogP contribution is 2.55. The van der Waals surface area contributed by atoms with Crippen LogP contribution in [0.1, 0.15) is 55.9 Å². The number of para-hydroxylation sites is 1. The van der Waals surface area contributed by atoms with Gasteiger partial charge < -0.3 is 20.4 Å². The predicted molar refractivity (Wildman–Crippen MR) is 149 cm³/mol. The smallest absolute Gasteiger partial charge is 0.233 e. The van der Waals surface area contributed by atoms with Crippen molar-refractivity contribution in [3.63, 3.8) is 0 Å². The van der Waals surface area contributed by atoms with Crippen LogP contribution in [-0.2, 0) is 16.6 Å². The minimum atomic E-state index is -1.06. The molecule has 38 heavy (non-hydrogen) atoms. The summed E-state index contributed by atoms with van der Waals surface area (Å²) in [5.41, 5.74) is 4.96. The molecule has 6 heteroatoms. The number of Topliss-reactive ketones (excluding diaryl/α,β-unsaturated/α-hetero) is 1. The van der Waals surface area contributed by atoms with Gasteiger partial charge in [0.15, 0.2) is 0 Å². The molecule has 1 spiro atoms. The quantitative estimate of drug-likeness (QED) is 0.360. The van der Waals surface area contributed by atoms with Crippen molar-refractivity contribution in [2.45, 2.75) is 58.1 Å². The second-order valence-electron chi connectivity index (χ2n) is 11.4. The number of ketones is 1. The van der Waals surface area contributed by atoms with Crippen molar-refractivity contribution in [1.82, 2.24) is 15.3 Å². The summed E-state index contributed by atoms with van der Waals surface area (Å²) in [6.45, 7) is 7.96. The second-order valence-corrected chi connectivity index (χ2v) is 11.4. The van der Waals surface area contributed by atoms with Gasteiger partial charge in [-0.15, -0.1) is 0 Å². The highest BCUT2D eigenvalue weighted by Gasteiger charge is 2.64. The Kier molecular flexibility index (Phi) is 5.84. The molecule has 1 aliphatic carbocycles. The highest BCUT2D eigenvalue weighted by atomic mass is 16.3. The first kappa shape index (κ1) is 24.7. The zero-order valence-corrected chi connectivity index (χ0v) is 22.3. The summed E-state index contributed by atoms with van der Waals surface area (Å²) < 4.78 is 0. The molecular weight excluding hydrogens is 474 g/mol. The Bertz CT molecular complexity index is 1540. The van der Waals surface area contributed by atoms with Crippen LogP contribution in [-0.4, -0.2) is 38.9 Å². The molecule has 1 saturated heterocycles. The van der Waals surface area contributed by atoms with Gasteiger partial charge in [-0.25, -0.2) is 0 Å². The van der Waals surface area contributed by atoms with E-state index in [9.17, 15) is 14.7 Å². The summed E-state index contributed by atoms with van der Waals surface area (Å²) in [6, 6.07) is 11.7. The number of nitrogens with one attached hydrogen (secondary N) is 3. The summed E-state index contributed by atoms with van der Waals surface area (Å²) in [4.78, 5) is 34.3. The third kappa shape index (κ3) is 3.50. The van der Waals surface area contributed by atoms with Gasteiger partial charge in [0.2, 0.25) is 11.7 Å². The molecule has 0 saturated carbocycles. The van der Waals surface area contributed by atoms with E-state index in [1.807, 2.05) is 57.3 Å². The molecule has 1 fully saturated rings. The molecule has 6 nitrogen and oxygen atoms in total. The van der Waals surface area contributed by atoms with Crippen molar-refractivity contribution in [2.24, 2.45) is 17.8 Å². The van der Waals surface area contributed by atoms with E-state index in [2.05, 4.69) is 40.4 Å². The monoisotopic (exact) mass is 509 g/mol. The number of aliphatic hydroxyl groups excluding tert-OH is 1. The number of aromatic nitrogens is 2. The minimum Gasteiger partial charge on any atom is -0.388 e. The summed E-state index contributed by atoms with van der Waals surface area (Å²) in [6.07, 6.45) is 8.73. The third-order valence-electron chi connectivity index (χ3n) is 9.22. The number of allylic oxidation sites excluding steroid dienone is 3. The van der Waals surface area contributed by atoms with Crippen LogP contribution < -0.4 is 5.32 Å². The molecule has 3 aromatic rings. The van der Waals surface area contributed by atoms with E-state index >= 15 is 0 Å². The van der Waals surface area contributed by atoms with Gasteiger partial charge in [0.1, 0.15) is 5.41 Å². The lowest BCUT2D eigenvalue weighted by atomic mass is 9.55. The first-order valence-electron chi connectivity index (χ1n) is 13.5. The van der Waals surface area contributed by atoms with Crippen LogP contribution in [0.5, 0.6) is 0 Å². The van der Waals surface area contributed by atoms with Crippen molar-refractivity contribution < 1.29 is 14.7 Å². The van der Waals surface area contributed by atoms with Gasteiger partial charge in [-0.05, 0) is 74.4 Å². The molecule has 6 atom stereocenters. The number of aromatic amines is 2. The van der Waals surface area contributed by atoms with Crippen LogP contribution in [0, 0.1) is 17.8 Å². The van der Waals surface area contributed by atoms with Crippen LogP contribution in [0.3, 0.4) is 0 Å². The fraction of sp³-hybridized carbons (Fsp3) is 0.375. The Morgan fingerprint density at radius 1 is 1.05 bits per heavy atom. The van der Waals surface area contributed by atoms with Gasteiger partial charge in [-0.2, -0.15) is 0 Å². The topological polar surface area (TPSA) is 98.0 Å². The normalized spacial score (nSPS) is 32.8. The van der Waals surface area contributed by atoms with E-state index in [4.69, 9.17) is 0 Å². The Morgan fingerprint density at radius 2 is 1.84 bits per heavy atom. The number of carbonyl (C=O) groups is 2. The molecule has 2 aliphatic heterocycles. The fourth-order valence-electron chi connectivity index (χ4n) is 7.25. The van der Waals surface area contributed by atoms with Crippen molar-refractivity contribution in [3.05, 3.63) is 94.5 Å². The van der Waals surface area contributed by atoms with Gasteiger partial charge in [-0.3, -0.25) is 9.59 Å². The number of carbonyl (C=O) groups excluding carboxylic acids is 2. The minimum absolute atomic E-state index is 0.0642. The molecule has 1 amide bonds. The maximum atomic E-state index is 14.3. The molecule has 6 rings (SSSR count). The largest absolute Gasteiger partial charge is 0.388 e. The highest BCUT2D eigenvalue weighted by molar-refractivity contribution is 6.07. The Balaban J connectivity index is 1.54. The number of rotatable bonds is 2. The van der Waals surface area contributed by atoms with Gasteiger partial charge in [0.05, 0.1) is 11.8 Å². The van der Waals surface area contributed by atoms with E-state index in [0.717, 1.165) is 34.0 Å². The standard InChI is InChI=1S/C32H35N3O3/c1-17-8-7-10-23-30(37)20(4)19(3)28-26(15-21-16-33-24-11-6-5-9-22(21)24)35-31(38)32(23,28)27-13-12-25(34-27)29(36)18(2)14-17/h5-7,9-14,16-17,23,26,28,30,33-34,37H,8,15H2,1-4H3,(H,35,38)/b10-7?,18-14-/t17-,23-,26-,28-,30+,32+/m0/s1. The first-order chi connectivity index (χ1) is 18.2. The molecule has 4 heterocycles. The summed E-state index contributed by atoms with van der Waals surface area (Å²) in [5.74, 6) is -0.679. The van der Waals surface area contributed by atoms with Crippen molar-refractivity contribution in [2.75, 3.05) is 0 Å². The zero-order valence-electron chi connectivity index (χ0n) is 22.3. The molecule has 0 radical (unpaired) electrons. The van der Waals surface area contributed by atoms with Crippen molar-refractivity contribution in [3.8, 4) is 0 Å². The van der Waals surface area contributed by atoms with Crippen LogP contribution >= 0.6 is 0 Å². The molecule has 2 aromatic heterocycles. The third-order valence-corrected chi connectivity index (χ3v) is 9.22. The number of fused-ring (bicyclic) bond motifs is 3.